The molecule has 3 aliphatic heterocycles. The normalized spacial score (nSPS) is 29.6. The van der Waals surface area contributed by atoms with Crippen molar-refractivity contribution in [2.45, 2.75) is 77.8 Å². The molecule has 0 unspecified atom stereocenters. The number of rotatable bonds is 4. The summed E-state index contributed by atoms with van der Waals surface area (Å²) in [6.45, 7) is 8.04. The van der Waals surface area contributed by atoms with Crippen molar-refractivity contribution in [3.05, 3.63) is 34.9 Å². The maximum atomic E-state index is 13.2. The lowest BCUT2D eigenvalue weighted by molar-refractivity contribution is -0.156. The highest BCUT2D eigenvalue weighted by Gasteiger charge is 2.49. The van der Waals surface area contributed by atoms with Crippen molar-refractivity contribution in [3.63, 3.8) is 0 Å². The van der Waals surface area contributed by atoms with E-state index in [0.717, 1.165) is 44.3 Å². The van der Waals surface area contributed by atoms with Crippen LogP contribution in [-0.2, 0) is 16.0 Å². The van der Waals surface area contributed by atoms with E-state index in [-0.39, 0.29) is 5.91 Å². The molecule has 1 aromatic carbocycles. The molecule has 4 nitrogen and oxygen atoms in total. The van der Waals surface area contributed by atoms with Crippen LogP contribution < -0.4 is 0 Å². The molecule has 4 atom stereocenters. The average molecular weight is 383 g/mol. The molecule has 0 spiro atoms. The van der Waals surface area contributed by atoms with E-state index in [4.69, 9.17) is 0 Å². The van der Waals surface area contributed by atoms with E-state index in [9.17, 15) is 9.59 Å². The minimum atomic E-state index is 0.259. The molecule has 3 aliphatic rings. The second-order valence-electron chi connectivity index (χ2n) is 9.28. The zero-order valence-electron chi connectivity index (χ0n) is 17.6. The minimum absolute atomic E-state index is 0.259. The first-order valence-corrected chi connectivity index (χ1v) is 11.1. The van der Waals surface area contributed by atoms with Gasteiger partial charge in [-0.1, -0.05) is 37.1 Å². The Labute approximate surface area is 169 Å². The summed E-state index contributed by atoms with van der Waals surface area (Å²) in [4.78, 5) is 30.3. The Morgan fingerprint density at radius 1 is 1.18 bits per heavy atom. The Kier molecular flexibility index (Phi) is 5.48. The van der Waals surface area contributed by atoms with Gasteiger partial charge in [0, 0.05) is 31.6 Å². The third-order valence-electron chi connectivity index (χ3n) is 7.28. The summed E-state index contributed by atoms with van der Waals surface area (Å²) in [5.41, 5.74) is 3.56. The summed E-state index contributed by atoms with van der Waals surface area (Å²) in [6.07, 6.45) is 6.69. The first-order valence-electron chi connectivity index (χ1n) is 11.1. The molecule has 4 rings (SSSR count). The molecule has 3 heterocycles. The molecule has 0 saturated carbocycles. The highest BCUT2D eigenvalue weighted by atomic mass is 16.2. The van der Waals surface area contributed by atoms with Gasteiger partial charge in [-0.15, -0.1) is 0 Å². The Morgan fingerprint density at radius 3 is 2.75 bits per heavy atom. The molecular weight excluding hydrogens is 348 g/mol. The van der Waals surface area contributed by atoms with Gasteiger partial charge in [0.15, 0.2) is 0 Å². The summed E-state index contributed by atoms with van der Waals surface area (Å²) in [5.74, 6) is 1.52. The number of aryl methyl sites for hydroxylation is 2. The SMILES string of the molecule is CCC[C@H]1[C@H]2C[C@H](CN(C(=O)Cc3cc(C)ccc3C)C2)[C@@H]2CCCC(=O)N21. The minimum Gasteiger partial charge on any atom is -0.342 e. The van der Waals surface area contributed by atoms with Crippen LogP contribution in [0.5, 0.6) is 0 Å². The van der Waals surface area contributed by atoms with E-state index in [1.807, 2.05) is 0 Å². The summed E-state index contributed by atoms with van der Waals surface area (Å²) >= 11 is 0. The molecule has 0 N–H and O–H groups in total. The first-order chi connectivity index (χ1) is 13.5. The molecule has 2 amide bonds. The second kappa shape index (κ2) is 7.88. The van der Waals surface area contributed by atoms with E-state index in [2.05, 4.69) is 48.8 Å². The first kappa shape index (κ1) is 19.5. The summed E-state index contributed by atoms with van der Waals surface area (Å²) < 4.78 is 0. The fraction of sp³-hybridized carbons (Fsp3) is 0.667. The number of hydrogen-bond donors (Lipinski definition) is 0. The molecule has 0 aliphatic carbocycles. The molecule has 3 saturated heterocycles. The van der Waals surface area contributed by atoms with Crippen molar-refractivity contribution in [2.75, 3.05) is 13.1 Å². The lowest BCUT2D eigenvalue weighted by Gasteiger charge is -2.56. The van der Waals surface area contributed by atoms with Crippen LogP contribution in [0.2, 0.25) is 0 Å². The van der Waals surface area contributed by atoms with Gasteiger partial charge < -0.3 is 9.80 Å². The lowest BCUT2D eigenvalue weighted by atomic mass is 9.71. The van der Waals surface area contributed by atoms with Gasteiger partial charge in [0.1, 0.15) is 0 Å². The predicted molar refractivity (Wildman–Crippen MR) is 111 cm³/mol. The average Bonchev–Trinajstić information content (AvgIpc) is 2.68. The van der Waals surface area contributed by atoms with Crippen LogP contribution in [-0.4, -0.2) is 46.8 Å². The molecule has 152 valence electrons. The number of fused-ring (bicyclic) bond motifs is 4. The van der Waals surface area contributed by atoms with E-state index in [0.29, 0.717) is 42.7 Å². The number of nitrogens with zero attached hydrogens (tertiary/aromatic N) is 2. The van der Waals surface area contributed by atoms with Crippen LogP contribution in [0, 0.1) is 25.7 Å². The van der Waals surface area contributed by atoms with Crippen molar-refractivity contribution in [1.82, 2.24) is 9.80 Å². The van der Waals surface area contributed by atoms with Crippen LogP contribution in [0.15, 0.2) is 18.2 Å². The molecule has 0 radical (unpaired) electrons. The zero-order chi connectivity index (χ0) is 19.8. The summed E-state index contributed by atoms with van der Waals surface area (Å²) in [6, 6.07) is 7.06. The fourth-order valence-electron chi connectivity index (χ4n) is 5.91. The van der Waals surface area contributed by atoms with Gasteiger partial charge in [-0.25, -0.2) is 0 Å². The Morgan fingerprint density at radius 2 is 1.96 bits per heavy atom. The van der Waals surface area contributed by atoms with Crippen molar-refractivity contribution in [2.24, 2.45) is 11.8 Å². The van der Waals surface area contributed by atoms with Gasteiger partial charge in [0.2, 0.25) is 11.8 Å². The highest BCUT2D eigenvalue weighted by Crippen LogP contribution is 2.43. The van der Waals surface area contributed by atoms with E-state index in [1.54, 1.807) is 0 Å². The predicted octanol–water partition coefficient (Wildman–Crippen LogP) is 3.87. The van der Waals surface area contributed by atoms with Gasteiger partial charge in [0.05, 0.1) is 6.42 Å². The zero-order valence-corrected chi connectivity index (χ0v) is 17.6. The maximum Gasteiger partial charge on any atom is 0.227 e. The van der Waals surface area contributed by atoms with Crippen molar-refractivity contribution < 1.29 is 9.59 Å². The van der Waals surface area contributed by atoms with Crippen molar-refractivity contribution in [1.29, 1.82) is 0 Å². The Bertz CT molecular complexity index is 759. The number of hydrogen-bond acceptors (Lipinski definition) is 2. The molecule has 3 fully saturated rings. The number of carbonyl (C=O) groups excluding carboxylic acids is 2. The smallest absolute Gasteiger partial charge is 0.227 e. The monoisotopic (exact) mass is 382 g/mol. The van der Waals surface area contributed by atoms with Crippen LogP contribution in [0.4, 0.5) is 0 Å². The maximum absolute atomic E-state index is 13.2. The quantitative estimate of drug-likeness (QED) is 0.793. The number of benzene rings is 1. The summed E-state index contributed by atoms with van der Waals surface area (Å²) in [5, 5.41) is 0. The molecule has 1 aromatic rings. The molecule has 0 aromatic heterocycles. The number of likely N-dealkylation sites (tertiary alicyclic amines) is 1. The van der Waals surface area contributed by atoms with Crippen LogP contribution in [0.3, 0.4) is 0 Å². The van der Waals surface area contributed by atoms with Gasteiger partial charge in [-0.2, -0.15) is 0 Å². The summed E-state index contributed by atoms with van der Waals surface area (Å²) in [7, 11) is 0. The fourth-order valence-corrected chi connectivity index (χ4v) is 5.91. The third kappa shape index (κ3) is 3.58. The van der Waals surface area contributed by atoms with E-state index >= 15 is 0 Å². The van der Waals surface area contributed by atoms with E-state index < -0.39 is 0 Å². The molecule has 4 heteroatoms. The Hall–Kier alpha value is -1.84. The second-order valence-corrected chi connectivity index (χ2v) is 9.28. The Balaban J connectivity index is 1.53. The van der Waals surface area contributed by atoms with Gasteiger partial charge in [-0.05, 0) is 62.5 Å². The van der Waals surface area contributed by atoms with Crippen molar-refractivity contribution in [3.8, 4) is 0 Å². The lowest BCUT2D eigenvalue weighted by Crippen LogP contribution is -2.65. The highest BCUT2D eigenvalue weighted by molar-refractivity contribution is 5.80. The number of amides is 2. The van der Waals surface area contributed by atoms with Crippen LogP contribution in [0.1, 0.15) is 62.1 Å². The topological polar surface area (TPSA) is 40.6 Å². The number of carbonyl (C=O) groups is 2. The number of piperidine rings is 3. The largest absolute Gasteiger partial charge is 0.342 e. The van der Waals surface area contributed by atoms with Crippen molar-refractivity contribution >= 4 is 11.8 Å². The van der Waals surface area contributed by atoms with Crippen LogP contribution >= 0.6 is 0 Å². The van der Waals surface area contributed by atoms with Gasteiger partial charge >= 0.3 is 0 Å². The standard InChI is InChI=1S/C24H34N2O2/c1-4-6-21-19-12-20(22-7-5-8-23(27)26(21)22)15-25(14-19)24(28)13-18-11-16(2)9-10-17(18)3/h9-11,19-22H,4-8,12-15H2,1-3H3/t19-,20+,21-,22-/m0/s1. The molecule has 2 bridgehead atoms. The third-order valence-corrected chi connectivity index (χ3v) is 7.28. The van der Waals surface area contributed by atoms with Gasteiger partial charge in [0.25, 0.3) is 0 Å². The van der Waals surface area contributed by atoms with E-state index in [1.165, 1.54) is 17.5 Å². The molecule has 28 heavy (non-hydrogen) atoms. The van der Waals surface area contributed by atoms with Gasteiger partial charge in [-0.3, -0.25) is 9.59 Å². The van der Waals surface area contributed by atoms with Crippen LogP contribution in [0.25, 0.3) is 0 Å². The molecular formula is C24H34N2O2.